The number of rotatable bonds is 5. The van der Waals surface area contributed by atoms with Gasteiger partial charge >= 0.3 is 0 Å². The van der Waals surface area contributed by atoms with Crippen LogP contribution in [0.15, 0.2) is 18.2 Å². The van der Waals surface area contributed by atoms with Crippen LogP contribution in [-0.2, 0) is 0 Å². The van der Waals surface area contributed by atoms with Crippen molar-refractivity contribution in [2.75, 3.05) is 26.7 Å². The Labute approximate surface area is 130 Å². The second kappa shape index (κ2) is 6.93. The molecule has 2 nitrogen and oxygen atoms in total. The van der Waals surface area contributed by atoms with Crippen LogP contribution in [0.1, 0.15) is 55.8 Å². The molecule has 0 bridgehead atoms. The van der Waals surface area contributed by atoms with E-state index in [0.717, 1.165) is 6.54 Å². The number of piperidine rings is 1. The van der Waals surface area contributed by atoms with E-state index in [1.165, 1.54) is 49.0 Å². The summed E-state index contributed by atoms with van der Waals surface area (Å²) < 4.78 is 0. The molecule has 1 atom stereocenters. The van der Waals surface area contributed by atoms with Gasteiger partial charge in [0.1, 0.15) is 0 Å². The van der Waals surface area contributed by atoms with Gasteiger partial charge in [-0.15, -0.1) is 0 Å². The van der Waals surface area contributed by atoms with Gasteiger partial charge in [0.05, 0.1) is 0 Å². The summed E-state index contributed by atoms with van der Waals surface area (Å²) in [6.07, 6.45) is 3.99. The Hall–Kier alpha value is -0.860. The Balaban J connectivity index is 2.00. The number of hydrogen-bond donors (Lipinski definition) is 1. The molecular formula is C19H32N2. The average Bonchev–Trinajstić information content (AvgIpc) is 2.45. The van der Waals surface area contributed by atoms with Gasteiger partial charge in [-0.05, 0) is 57.8 Å². The first kappa shape index (κ1) is 16.5. The Morgan fingerprint density at radius 3 is 2.19 bits per heavy atom. The zero-order chi connectivity index (χ0) is 15.5. The van der Waals surface area contributed by atoms with Gasteiger partial charge in [-0.25, -0.2) is 0 Å². The summed E-state index contributed by atoms with van der Waals surface area (Å²) >= 11 is 0. The van der Waals surface area contributed by atoms with Gasteiger partial charge in [0.2, 0.25) is 0 Å². The van der Waals surface area contributed by atoms with Crippen LogP contribution < -0.4 is 5.32 Å². The summed E-state index contributed by atoms with van der Waals surface area (Å²) in [7, 11) is 2.09. The summed E-state index contributed by atoms with van der Waals surface area (Å²) in [4.78, 5) is 2.64. The summed E-state index contributed by atoms with van der Waals surface area (Å²) in [6.45, 7) is 12.8. The minimum Gasteiger partial charge on any atom is -0.312 e. The van der Waals surface area contributed by atoms with E-state index >= 15 is 0 Å². The molecule has 21 heavy (non-hydrogen) atoms. The molecule has 118 valence electrons. The number of nitrogens with zero attached hydrogens (tertiary/aromatic N) is 1. The molecule has 2 rings (SSSR count). The topological polar surface area (TPSA) is 15.3 Å². The molecule has 1 N–H and O–H groups in total. The number of aryl methyl sites for hydroxylation is 2. The highest BCUT2D eigenvalue weighted by molar-refractivity contribution is 5.30. The monoisotopic (exact) mass is 288 g/mol. The van der Waals surface area contributed by atoms with Crippen LogP contribution in [-0.4, -0.2) is 31.6 Å². The molecule has 0 spiro atoms. The van der Waals surface area contributed by atoms with E-state index < -0.39 is 0 Å². The van der Waals surface area contributed by atoms with E-state index in [1.54, 1.807) is 0 Å². The van der Waals surface area contributed by atoms with Crippen LogP contribution in [0, 0.1) is 19.3 Å². The van der Waals surface area contributed by atoms with Crippen molar-refractivity contribution in [3.05, 3.63) is 34.9 Å². The number of hydrogen-bond acceptors (Lipinski definition) is 2. The Morgan fingerprint density at radius 1 is 1.14 bits per heavy atom. The molecule has 0 aromatic heterocycles. The van der Waals surface area contributed by atoms with E-state index in [-0.39, 0.29) is 0 Å². The molecule has 0 radical (unpaired) electrons. The number of likely N-dealkylation sites (tertiary alicyclic amines) is 1. The predicted octanol–water partition coefficient (Wildman–Crippen LogP) is 4.08. The van der Waals surface area contributed by atoms with Crippen molar-refractivity contribution in [2.24, 2.45) is 5.41 Å². The molecule has 1 unspecified atom stereocenters. The number of likely N-dealkylation sites (N-methyl/N-ethyl adjacent to an activating group) is 1. The summed E-state index contributed by atoms with van der Waals surface area (Å²) in [6, 6.07) is 7.35. The molecule has 1 aliphatic rings. The predicted molar refractivity (Wildman–Crippen MR) is 91.8 cm³/mol. The third-order valence-electron chi connectivity index (χ3n) is 5.35. The number of benzene rings is 1. The summed E-state index contributed by atoms with van der Waals surface area (Å²) in [5.41, 5.74) is 4.73. The van der Waals surface area contributed by atoms with Crippen molar-refractivity contribution in [2.45, 2.75) is 53.0 Å². The van der Waals surface area contributed by atoms with Crippen LogP contribution in [0.4, 0.5) is 0 Å². The van der Waals surface area contributed by atoms with Gasteiger partial charge in [0.15, 0.2) is 0 Å². The maximum Gasteiger partial charge on any atom is 0.0447 e. The van der Waals surface area contributed by atoms with Gasteiger partial charge in [-0.1, -0.05) is 49.6 Å². The highest BCUT2D eigenvalue weighted by atomic mass is 15.2. The fourth-order valence-corrected chi connectivity index (χ4v) is 3.46. The second-order valence-corrected chi connectivity index (χ2v) is 7.23. The molecule has 0 aliphatic carbocycles. The Kier molecular flexibility index (Phi) is 5.45. The van der Waals surface area contributed by atoms with Crippen LogP contribution in [0.5, 0.6) is 0 Å². The van der Waals surface area contributed by atoms with Crippen molar-refractivity contribution in [3.63, 3.8) is 0 Å². The largest absolute Gasteiger partial charge is 0.312 e. The van der Waals surface area contributed by atoms with Gasteiger partial charge in [-0.3, -0.25) is 0 Å². The lowest BCUT2D eigenvalue weighted by molar-refractivity contribution is 0.107. The quantitative estimate of drug-likeness (QED) is 0.878. The normalized spacial score (nSPS) is 20.4. The average molecular weight is 288 g/mol. The Bertz CT molecular complexity index is 438. The van der Waals surface area contributed by atoms with E-state index in [9.17, 15) is 0 Å². The van der Waals surface area contributed by atoms with Crippen LogP contribution >= 0.6 is 0 Å². The molecule has 1 aliphatic heterocycles. The summed E-state index contributed by atoms with van der Waals surface area (Å²) in [5, 5.41) is 3.51. The maximum absolute atomic E-state index is 3.51. The number of nitrogens with one attached hydrogen (secondary N) is 1. The first-order valence-electron chi connectivity index (χ1n) is 8.43. The second-order valence-electron chi connectivity index (χ2n) is 7.23. The molecule has 1 heterocycles. The minimum atomic E-state index is 0.439. The Morgan fingerprint density at radius 2 is 1.71 bits per heavy atom. The molecule has 0 saturated carbocycles. The maximum atomic E-state index is 3.51. The summed E-state index contributed by atoms with van der Waals surface area (Å²) in [5.74, 6) is 0. The molecule has 1 fully saturated rings. The van der Waals surface area contributed by atoms with Crippen LogP contribution in [0.3, 0.4) is 0 Å². The third-order valence-corrected chi connectivity index (χ3v) is 5.35. The van der Waals surface area contributed by atoms with Crippen molar-refractivity contribution in [3.8, 4) is 0 Å². The fourth-order valence-electron chi connectivity index (χ4n) is 3.46. The molecule has 1 aromatic carbocycles. The molecular weight excluding hydrogens is 256 g/mol. The van der Waals surface area contributed by atoms with E-state index in [4.69, 9.17) is 0 Å². The standard InChI is InChI=1S/C19H32N2/c1-6-19(4)7-9-21(10-8-19)14-18(20-5)17-12-15(2)11-16(3)13-17/h11-13,18,20H,6-10,14H2,1-5H3. The van der Waals surface area contributed by atoms with E-state index in [0.29, 0.717) is 11.5 Å². The van der Waals surface area contributed by atoms with Crippen molar-refractivity contribution in [1.82, 2.24) is 10.2 Å². The first-order valence-corrected chi connectivity index (χ1v) is 8.43. The van der Waals surface area contributed by atoms with E-state index in [1.807, 2.05) is 0 Å². The van der Waals surface area contributed by atoms with Gasteiger partial charge in [0, 0.05) is 12.6 Å². The lowest BCUT2D eigenvalue weighted by Gasteiger charge is -2.40. The zero-order valence-corrected chi connectivity index (χ0v) is 14.5. The zero-order valence-electron chi connectivity index (χ0n) is 14.5. The molecule has 1 aromatic rings. The first-order chi connectivity index (χ1) is 9.95. The SMILES string of the molecule is CCC1(C)CCN(CC(NC)c2cc(C)cc(C)c2)CC1. The van der Waals surface area contributed by atoms with Gasteiger partial charge in [-0.2, -0.15) is 0 Å². The van der Waals surface area contributed by atoms with Crippen molar-refractivity contribution >= 4 is 0 Å². The fraction of sp³-hybridized carbons (Fsp3) is 0.684. The molecule has 1 saturated heterocycles. The third kappa shape index (κ3) is 4.31. The van der Waals surface area contributed by atoms with Gasteiger partial charge in [0.25, 0.3) is 0 Å². The molecule has 0 amide bonds. The lowest BCUT2D eigenvalue weighted by atomic mass is 9.78. The van der Waals surface area contributed by atoms with E-state index in [2.05, 4.69) is 63.2 Å². The smallest absolute Gasteiger partial charge is 0.0447 e. The highest BCUT2D eigenvalue weighted by Gasteiger charge is 2.29. The van der Waals surface area contributed by atoms with Crippen molar-refractivity contribution < 1.29 is 0 Å². The van der Waals surface area contributed by atoms with Crippen molar-refractivity contribution in [1.29, 1.82) is 0 Å². The van der Waals surface area contributed by atoms with Gasteiger partial charge < -0.3 is 10.2 Å². The van der Waals surface area contributed by atoms with Crippen LogP contribution in [0.2, 0.25) is 0 Å². The molecule has 2 heteroatoms. The lowest BCUT2D eigenvalue weighted by Crippen LogP contribution is -2.42. The van der Waals surface area contributed by atoms with Crippen LogP contribution in [0.25, 0.3) is 0 Å². The minimum absolute atomic E-state index is 0.439. The highest BCUT2D eigenvalue weighted by Crippen LogP contribution is 2.34.